The van der Waals surface area contributed by atoms with Crippen molar-refractivity contribution >= 4 is 11.8 Å². The van der Waals surface area contributed by atoms with Crippen LogP contribution < -0.4 is 0 Å². The molecule has 2 N–H and O–H groups in total. The summed E-state index contributed by atoms with van der Waals surface area (Å²) in [7, 11) is 0. The molecule has 21 heavy (non-hydrogen) atoms. The Morgan fingerprint density at radius 2 is 1.86 bits per heavy atom. The third-order valence-corrected chi connectivity index (χ3v) is 2.83. The number of ketones is 1. The molecule has 2 rings (SSSR count). The highest BCUT2D eigenvalue weighted by atomic mass is 19.1. The van der Waals surface area contributed by atoms with Gasteiger partial charge in [-0.3, -0.25) is 4.79 Å². The van der Waals surface area contributed by atoms with Gasteiger partial charge in [-0.1, -0.05) is 18.2 Å². The molecule has 1 aromatic carbocycles. The van der Waals surface area contributed by atoms with E-state index in [9.17, 15) is 14.0 Å². The van der Waals surface area contributed by atoms with Gasteiger partial charge in [0.2, 0.25) is 5.76 Å². The van der Waals surface area contributed by atoms with Gasteiger partial charge >= 0.3 is 5.97 Å². The summed E-state index contributed by atoms with van der Waals surface area (Å²) in [6.45, 7) is 0. The number of aliphatic hydroxyl groups is 1. The van der Waals surface area contributed by atoms with Crippen molar-refractivity contribution in [2.75, 3.05) is 0 Å². The SMILES string of the molecule is O=C(O)/C(O)=C/C(=O)c1cocc1Cc1ccccc1F. The molecule has 0 aliphatic carbocycles. The molecule has 5 nitrogen and oxygen atoms in total. The van der Waals surface area contributed by atoms with Gasteiger partial charge in [0, 0.05) is 18.1 Å². The Morgan fingerprint density at radius 3 is 2.52 bits per heavy atom. The lowest BCUT2D eigenvalue weighted by Crippen LogP contribution is -2.05. The summed E-state index contributed by atoms with van der Waals surface area (Å²) in [6.07, 6.45) is 3.11. The third-order valence-electron chi connectivity index (χ3n) is 2.83. The van der Waals surface area contributed by atoms with Crippen molar-refractivity contribution in [1.82, 2.24) is 0 Å². The second kappa shape index (κ2) is 6.04. The third kappa shape index (κ3) is 3.36. The molecule has 6 heteroatoms. The maximum Gasteiger partial charge on any atom is 0.371 e. The molecular weight excluding hydrogens is 279 g/mol. The van der Waals surface area contributed by atoms with Crippen LogP contribution in [0, 0.1) is 5.82 Å². The van der Waals surface area contributed by atoms with E-state index >= 15 is 0 Å². The number of benzene rings is 1. The zero-order valence-electron chi connectivity index (χ0n) is 10.7. The fourth-order valence-electron chi connectivity index (χ4n) is 1.79. The van der Waals surface area contributed by atoms with Gasteiger partial charge in [-0.2, -0.15) is 0 Å². The van der Waals surface area contributed by atoms with Crippen LogP contribution in [0.25, 0.3) is 0 Å². The molecule has 0 fully saturated rings. The van der Waals surface area contributed by atoms with Crippen LogP contribution in [0.3, 0.4) is 0 Å². The molecule has 0 atom stereocenters. The number of allylic oxidation sites excluding steroid dienone is 1. The lowest BCUT2D eigenvalue weighted by Gasteiger charge is -2.02. The monoisotopic (exact) mass is 290 g/mol. The topological polar surface area (TPSA) is 87.7 Å². The molecule has 1 aromatic heterocycles. The highest BCUT2D eigenvalue weighted by molar-refractivity contribution is 6.08. The summed E-state index contributed by atoms with van der Waals surface area (Å²) in [6, 6.07) is 6.08. The molecule has 0 aliphatic rings. The Kier molecular flexibility index (Phi) is 4.18. The summed E-state index contributed by atoms with van der Waals surface area (Å²) in [5, 5.41) is 17.6. The number of aliphatic hydroxyl groups excluding tert-OH is 1. The largest absolute Gasteiger partial charge is 0.502 e. The number of rotatable bonds is 5. The van der Waals surface area contributed by atoms with E-state index in [4.69, 9.17) is 14.6 Å². The van der Waals surface area contributed by atoms with E-state index in [0.717, 1.165) is 6.26 Å². The first-order chi connectivity index (χ1) is 9.99. The van der Waals surface area contributed by atoms with Crippen LogP contribution in [0.15, 0.2) is 53.0 Å². The molecule has 0 radical (unpaired) electrons. The number of aliphatic carboxylic acids is 1. The number of carbonyl (C=O) groups is 2. The first kappa shape index (κ1) is 14.5. The van der Waals surface area contributed by atoms with Gasteiger partial charge < -0.3 is 14.6 Å². The maximum atomic E-state index is 13.6. The average molecular weight is 290 g/mol. The number of carboxylic acid groups (broad SMARTS) is 1. The van der Waals surface area contributed by atoms with Gasteiger partial charge in [-0.15, -0.1) is 0 Å². The van der Waals surface area contributed by atoms with E-state index < -0.39 is 23.3 Å². The van der Waals surface area contributed by atoms with E-state index in [0.29, 0.717) is 17.2 Å². The Bertz CT molecular complexity index is 714. The molecule has 0 bridgehead atoms. The summed E-state index contributed by atoms with van der Waals surface area (Å²) in [5.41, 5.74) is 0.852. The van der Waals surface area contributed by atoms with Gasteiger partial charge in [-0.25, -0.2) is 9.18 Å². The van der Waals surface area contributed by atoms with Crippen LogP contribution in [0.5, 0.6) is 0 Å². The second-order valence-electron chi connectivity index (χ2n) is 4.28. The average Bonchev–Trinajstić information content (AvgIpc) is 2.89. The van der Waals surface area contributed by atoms with Crippen LogP contribution in [0.2, 0.25) is 0 Å². The quantitative estimate of drug-likeness (QED) is 0.502. The molecule has 0 saturated heterocycles. The van der Waals surface area contributed by atoms with Crippen LogP contribution in [0.4, 0.5) is 4.39 Å². The van der Waals surface area contributed by atoms with Crippen molar-refractivity contribution in [3.63, 3.8) is 0 Å². The fraction of sp³-hybridized carbons (Fsp3) is 0.0667. The highest BCUT2D eigenvalue weighted by Crippen LogP contribution is 2.19. The number of hydrogen-bond donors (Lipinski definition) is 2. The van der Waals surface area contributed by atoms with Crippen molar-refractivity contribution in [2.45, 2.75) is 6.42 Å². The van der Waals surface area contributed by atoms with Gasteiger partial charge in [-0.05, 0) is 11.6 Å². The summed E-state index contributed by atoms with van der Waals surface area (Å²) >= 11 is 0. The van der Waals surface area contributed by atoms with Crippen LogP contribution in [0.1, 0.15) is 21.5 Å². The maximum absolute atomic E-state index is 13.6. The molecule has 108 valence electrons. The molecule has 0 amide bonds. The molecule has 2 aromatic rings. The van der Waals surface area contributed by atoms with E-state index in [-0.39, 0.29) is 12.0 Å². The smallest absolute Gasteiger partial charge is 0.371 e. The molecule has 0 aliphatic heterocycles. The van der Waals surface area contributed by atoms with Crippen molar-refractivity contribution in [3.8, 4) is 0 Å². The lowest BCUT2D eigenvalue weighted by molar-refractivity contribution is -0.135. The van der Waals surface area contributed by atoms with Gasteiger partial charge in [0.05, 0.1) is 11.8 Å². The number of carbonyl (C=O) groups excluding carboxylic acids is 1. The highest BCUT2D eigenvalue weighted by Gasteiger charge is 2.16. The number of furan rings is 1. The molecule has 0 saturated carbocycles. The van der Waals surface area contributed by atoms with Crippen LogP contribution in [-0.4, -0.2) is 22.0 Å². The van der Waals surface area contributed by atoms with Gasteiger partial charge in [0.1, 0.15) is 12.1 Å². The summed E-state index contributed by atoms with van der Waals surface area (Å²) in [4.78, 5) is 22.3. The standard InChI is InChI=1S/C15H11FO5/c16-12-4-2-1-3-9(12)5-10-7-21-8-11(10)13(17)6-14(18)15(19)20/h1-4,6-8,18H,5H2,(H,19,20)/b14-6-. The number of hydrogen-bond acceptors (Lipinski definition) is 4. The fourth-order valence-corrected chi connectivity index (χ4v) is 1.79. The van der Waals surface area contributed by atoms with E-state index in [1.54, 1.807) is 18.2 Å². The Labute approximate surface area is 118 Å². The van der Waals surface area contributed by atoms with Crippen LogP contribution in [-0.2, 0) is 11.2 Å². The minimum atomic E-state index is -1.61. The Hall–Kier alpha value is -2.89. The van der Waals surface area contributed by atoms with E-state index in [1.807, 2.05) is 0 Å². The normalized spacial score (nSPS) is 11.4. The lowest BCUT2D eigenvalue weighted by atomic mass is 10.0. The van der Waals surface area contributed by atoms with Gasteiger partial charge in [0.15, 0.2) is 5.78 Å². The first-order valence-electron chi connectivity index (χ1n) is 5.96. The Morgan fingerprint density at radius 1 is 1.14 bits per heavy atom. The number of halogens is 1. The zero-order valence-corrected chi connectivity index (χ0v) is 10.7. The van der Waals surface area contributed by atoms with Crippen LogP contribution >= 0.6 is 0 Å². The second-order valence-corrected chi connectivity index (χ2v) is 4.28. The number of carboxylic acids is 1. The van der Waals surface area contributed by atoms with Crippen molar-refractivity contribution in [2.24, 2.45) is 0 Å². The molecular formula is C15H11FO5. The van der Waals surface area contributed by atoms with E-state index in [1.165, 1.54) is 12.3 Å². The van der Waals surface area contributed by atoms with Gasteiger partial charge in [0.25, 0.3) is 0 Å². The van der Waals surface area contributed by atoms with Crippen molar-refractivity contribution in [1.29, 1.82) is 0 Å². The van der Waals surface area contributed by atoms with E-state index in [2.05, 4.69) is 0 Å². The molecule has 0 unspecified atom stereocenters. The predicted octanol–water partition coefficient (Wildman–Crippen LogP) is 2.72. The summed E-state index contributed by atoms with van der Waals surface area (Å²) < 4.78 is 18.5. The molecule has 0 spiro atoms. The minimum Gasteiger partial charge on any atom is -0.502 e. The van der Waals surface area contributed by atoms with Crippen molar-refractivity contribution in [3.05, 3.63) is 71.1 Å². The van der Waals surface area contributed by atoms with Crippen molar-refractivity contribution < 1.29 is 28.6 Å². The Balaban J connectivity index is 2.27. The summed E-state index contributed by atoms with van der Waals surface area (Å²) in [5.74, 6) is -3.82. The minimum absolute atomic E-state index is 0.0750. The molecule has 1 heterocycles. The zero-order chi connectivity index (χ0) is 15.4. The predicted molar refractivity (Wildman–Crippen MR) is 70.6 cm³/mol. The first-order valence-corrected chi connectivity index (χ1v) is 5.96.